The summed E-state index contributed by atoms with van der Waals surface area (Å²) in [5.41, 5.74) is 7.85. The van der Waals surface area contributed by atoms with Crippen LogP contribution in [0, 0.1) is 0 Å². The molecule has 1 heterocycles. The van der Waals surface area contributed by atoms with Crippen LogP contribution in [0.25, 0.3) is 0 Å². The summed E-state index contributed by atoms with van der Waals surface area (Å²) < 4.78 is 0. The van der Waals surface area contributed by atoms with Crippen LogP contribution in [0.4, 0.5) is 11.5 Å². The van der Waals surface area contributed by atoms with Crippen LogP contribution in [0.5, 0.6) is 0 Å². The molecule has 0 aliphatic heterocycles. The summed E-state index contributed by atoms with van der Waals surface area (Å²) in [6.45, 7) is 0.734. The van der Waals surface area contributed by atoms with Gasteiger partial charge in [0, 0.05) is 25.3 Å². The van der Waals surface area contributed by atoms with Crippen molar-refractivity contribution in [3.05, 3.63) is 42.2 Å². The van der Waals surface area contributed by atoms with E-state index in [9.17, 15) is 0 Å². The Kier molecular flexibility index (Phi) is 4.04. The Morgan fingerprint density at radius 2 is 2.06 bits per heavy atom. The van der Waals surface area contributed by atoms with Gasteiger partial charge in [0.1, 0.15) is 17.2 Å². The summed E-state index contributed by atoms with van der Waals surface area (Å²) in [6, 6.07) is 9.85. The van der Waals surface area contributed by atoms with E-state index in [4.69, 9.17) is 5.73 Å². The molecule has 0 radical (unpaired) electrons. The molecule has 0 aliphatic rings. The third-order valence-electron chi connectivity index (χ3n) is 2.69. The van der Waals surface area contributed by atoms with Crippen molar-refractivity contribution in [2.24, 2.45) is 0 Å². The van der Waals surface area contributed by atoms with Gasteiger partial charge >= 0.3 is 0 Å². The minimum Gasteiger partial charge on any atom is -0.398 e. The number of para-hydroxylation sites is 1. The van der Waals surface area contributed by atoms with Crippen LogP contribution in [-0.4, -0.2) is 23.3 Å². The van der Waals surface area contributed by atoms with E-state index in [-0.39, 0.29) is 0 Å². The van der Waals surface area contributed by atoms with Gasteiger partial charge in [-0.25, -0.2) is 9.97 Å². The number of hydrogen-bond donors (Lipinski definition) is 1. The lowest BCUT2D eigenvalue weighted by Crippen LogP contribution is -2.18. The van der Waals surface area contributed by atoms with Crippen LogP contribution in [0.3, 0.4) is 0 Å². The molecule has 0 spiro atoms. The molecule has 94 valence electrons. The van der Waals surface area contributed by atoms with Crippen LogP contribution < -0.4 is 10.6 Å². The van der Waals surface area contributed by atoms with Gasteiger partial charge in [-0.2, -0.15) is 0 Å². The molecule has 18 heavy (non-hydrogen) atoms. The first-order valence-electron chi connectivity index (χ1n) is 5.61. The second-order valence-corrected chi connectivity index (χ2v) is 4.80. The number of nitrogens with two attached hydrogens (primary N) is 1. The molecule has 0 saturated heterocycles. The smallest absolute Gasteiger partial charge is 0.133 e. The predicted octanol–water partition coefficient (Wildman–Crippen LogP) is 2.42. The van der Waals surface area contributed by atoms with E-state index in [2.05, 4.69) is 14.9 Å². The molecule has 0 saturated carbocycles. The van der Waals surface area contributed by atoms with E-state index in [0.717, 1.165) is 28.6 Å². The van der Waals surface area contributed by atoms with Crippen molar-refractivity contribution in [1.82, 2.24) is 9.97 Å². The van der Waals surface area contributed by atoms with Crippen molar-refractivity contribution in [2.45, 2.75) is 11.6 Å². The summed E-state index contributed by atoms with van der Waals surface area (Å²) in [4.78, 5) is 10.5. The highest BCUT2D eigenvalue weighted by Crippen LogP contribution is 2.19. The minimum absolute atomic E-state index is 0.734. The Labute approximate surface area is 111 Å². The average molecular weight is 260 g/mol. The van der Waals surface area contributed by atoms with Crippen LogP contribution in [-0.2, 0) is 6.54 Å². The van der Waals surface area contributed by atoms with Crippen molar-refractivity contribution in [3.63, 3.8) is 0 Å². The zero-order chi connectivity index (χ0) is 13.0. The molecular weight excluding hydrogens is 244 g/mol. The molecule has 0 aliphatic carbocycles. The van der Waals surface area contributed by atoms with Crippen LogP contribution in [0.1, 0.15) is 5.56 Å². The Bertz CT molecular complexity index is 530. The SMILES string of the molecule is CSc1cc(N(C)Cc2ccccc2N)ncn1. The number of thioether (sulfide) groups is 1. The fraction of sp³-hybridized carbons (Fsp3) is 0.231. The first-order chi connectivity index (χ1) is 8.70. The molecule has 5 heteroatoms. The summed E-state index contributed by atoms with van der Waals surface area (Å²) in [6.07, 6.45) is 3.59. The molecule has 0 unspecified atom stereocenters. The number of nitrogen functional groups attached to an aromatic ring is 1. The van der Waals surface area contributed by atoms with Crippen molar-refractivity contribution in [1.29, 1.82) is 0 Å². The van der Waals surface area contributed by atoms with E-state index in [1.54, 1.807) is 18.1 Å². The van der Waals surface area contributed by atoms with E-state index in [1.807, 2.05) is 43.6 Å². The zero-order valence-corrected chi connectivity index (χ0v) is 11.3. The summed E-state index contributed by atoms with van der Waals surface area (Å²) in [7, 11) is 2.00. The fourth-order valence-corrected chi connectivity index (χ4v) is 2.04. The van der Waals surface area contributed by atoms with Gasteiger partial charge in [-0.3, -0.25) is 0 Å². The Hall–Kier alpha value is -1.75. The van der Waals surface area contributed by atoms with Gasteiger partial charge in [0.15, 0.2) is 0 Å². The maximum atomic E-state index is 5.94. The molecule has 1 aromatic carbocycles. The van der Waals surface area contributed by atoms with Gasteiger partial charge in [0.05, 0.1) is 0 Å². The van der Waals surface area contributed by atoms with E-state index >= 15 is 0 Å². The fourth-order valence-electron chi connectivity index (χ4n) is 1.66. The lowest BCUT2D eigenvalue weighted by atomic mass is 10.2. The van der Waals surface area contributed by atoms with Gasteiger partial charge in [-0.05, 0) is 17.9 Å². The largest absolute Gasteiger partial charge is 0.398 e. The van der Waals surface area contributed by atoms with Crippen LogP contribution in [0.2, 0.25) is 0 Å². The Morgan fingerprint density at radius 1 is 1.28 bits per heavy atom. The third-order valence-corrected chi connectivity index (χ3v) is 3.33. The Balaban J connectivity index is 2.16. The highest BCUT2D eigenvalue weighted by atomic mass is 32.2. The average Bonchev–Trinajstić information content (AvgIpc) is 2.41. The van der Waals surface area contributed by atoms with Gasteiger partial charge in [-0.15, -0.1) is 11.8 Å². The standard InChI is InChI=1S/C13H16N4S/c1-17(8-10-5-3-4-6-11(10)14)12-7-13(18-2)16-9-15-12/h3-7,9H,8,14H2,1-2H3. The highest BCUT2D eigenvalue weighted by Gasteiger charge is 2.06. The second-order valence-electron chi connectivity index (χ2n) is 3.97. The topological polar surface area (TPSA) is 55.0 Å². The molecule has 2 N–H and O–H groups in total. The molecule has 4 nitrogen and oxygen atoms in total. The number of anilines is 2. The molecular formula is C13H16N4S. The quantitative estimate of drug-likeness (QED) is 0.520. The first-order valence-corrected chi connectivity index (χ1v) is 6.83. The molecule has 1 aromatic heterocycles. The van der Waals surface area contributed by atoms with Crippen LogP contribution >= 0.6 is 11.8 Å². The lowest BCUT2D eigenvalue weighted by Gasteiger charge is -2.19. The third kappa shape index (κ3) is 2.92. The highest BCUT2D eigenvalue weighted by molar-refractivity contribution is 7.98. The molecule has 2 rings (SSSR count). The van der Waals surface area contributed by atoms with E-state index in [0.29, 0.717) is 0 Å². The van der Waals surface area contributed by atoms with Crippen molar-refractivity contribution in [2.75, 3.05) is 23.9 Å². The molecule has 0 amide bonds. The second kappa shape index (κ2) is 5.73. The van der Waals surface area contributed by atoms with Gasteiger partial charge in [0.25, 0.3) is 0 Å². The zero-order valence-electron chi connectivity index (χ0n) is 10.5. The summed E-state index contributed by atoms with van der Waals surface area (Å²) in [5, 5.41) is 0.966. The number of rotatable bonds is 4. The molecule has 0 bridgehead atoms. The minimum atomic E-state index is 0.734. The van der Waals surface area contributed by atoms with Gasteiger partial charge in [-0.1, -0.05) is 18.2 Å². The number of nitrogens with zero attached hydrogens (tertiary/aromatic N) is 3. The molecule has 2 aromatic rings. The van der Waals surface area contributed by atoms with Crippen LogP contribution in [0.15, 0.2) is 41.7 Å². The maximum absolute atomic E-state index is 5.94. The number of hydrogen-bond acceptors (Lipinski definition) is 5. The first kappa shape index (κ1) is 12.7. The normalized spacial score (nSPS) is 10.3. The predicted molar refractivity (Wildman–Crippen MR) is 76.8 cm³/mol. The van der Waals surface area contributed by atoms with E-state index in [1.165, 1.54) is 0 Å². The summed E-state index contributed by atoms with van der Waals surface area (Å²) in [5.74, 6) is 0.901. The molecule has 0 atom stereocenters. The van der Waals surface area contributed by atoms with Gasteiger partial charge in [0.2, 0.25) is 0 Å². The van der Waals surface area contributed by atoms with Crippen molar-refractivity contribution < 1.29 is 0 Å². The summed E-state index contributed by atoms with van der Waals surface area (Å²) >= 11 is 1.61. The Morgan fingerprint density at radius 3 is 2.78 bits per heavy atom. The number of aromatic nitrogens is 2. The lowest BCUT2D eigenvalue weighted by molar-refractivity contribution is 0.880. The number of benzene rings is 1. The van der Waals surface area contributed by atoms with E-state index < -0.39 is 0 Å². The van der Waals surface area contributed by atoms with Gasteiger partial charge < -0.3 is 10.6 Å². The van der Waals surface area contributed by atoms with Crippen molar-refractivity contribution >= 4 is 23.3 Å². The van der Waals surface area contributed by atoms with Crippen molar-refractivity contribution in [3.8, 4) is 0 Å². The monoisotopic (exact) mass is 260 g/mol. The maximum Gasteiger partial charge on any atom is 0.133 e. The molecule has 0 fully saturated rings.